The fraction of sp³-hybridized carbons (Fsp3) is 0.200. The van der Waals surface area contributed by atoms with E-state index in [1.165, 1.54) is 0 Å². The molecule has 6 aromatic carbocycles. The summed E-state index contributed by atoms with van der Waals surface area (Å²) < 4.78 is 36.6. The zero-order chi connectivity index (χ0) is 33.8. The van der Waals surface area contributed by atoms with E-state index in [1.807, 2.05) is 72.8 Å². The Labute approximate surface area is 286 Å². The molecule has 246 valence electrons. The number of aryl methyl sites for hydroxylation is 4. The van der Waals surface area contributed by atoms with Gasteiger partial charge < -0.3 is 27.6 Å². The normalized spacial score (nSPS) is 12.2. The van der Waals surface area contributed by atoms with Gasteiger partial charge in [-0.05, 0) is 63.1 Å². The van der Waals surface area contributed by atoms with E-state index in [0.29, 0.717) is 0 Å². The summed E-state index contributed by atoms with van der Waals surface area (Å²) in [7, 11) is 2.87. The van der Waals surface area contributed by atoms with Gasteiger partial charge in [0.2, 0.25) is 0 Å². The largest absolute Gasteiger partial charge is 0.496 e. The molecular weight excluding hydrogens is 638 g/mol. The first-order chi connectivity index (χ1) is 23.3. The molecule has 0 fully saturated rings. The van der Waals surface area contributed by atoms with Crippen molar-refractivity contribution in [2.24, 2.45) is 0 Å². The topological polar surface area (TPSA) is 55.4 Å². The van der Waals surface area contributed by atoms with E-state index in [-0.39, 0.29) is 24.0 Å². The Morgan fingerprint density at radius 2 is 0.812 bits per heavy atom. The van der Waals surface area contributed by atoms with Gasteiger partial charge in [-0.3, -0.25) is 0 Å². The van der Waals surface area contributed by atoms with Gasteiger partial charge in [0.1, 0.15) is 34.5 Å². The van der Waals surface area contributed by atoms with Gasteiger partial charge in [-0.15, -0.1) is 0 Å². The van der Waals surface area contributed by atoms with Crippen molar-refractivity contribution in [3.05, 3.63) is 130 Å². The third-order valence-corrected chi connectivity index (χ3v) is 9.73. The van der Waals surface area contributed by atoms with Crippen LogP contribution in [0.4, 0.5) is 0 Å². The molecule has 6 rings (SSSR count). The number of benzene rings is 6. The molecule has 2 unspecified atom stereocenters. The first-order valence-electron chi connectivity index (χ1n) is 15.8. The molecule has 0 saturated carbocycles. The molecule has 6 nitrogen and oxygen atoms in total. The van der Waals surface area contributed by atoms with Crippen LogP contribution in [0, 0.1) is 27.7 Å². The van der Waals surface area contributed by atoms with Gasteiger partial charge in [0, 0.05) is 38.6 Å². The first-order valence-corrected chi connectivity index (χ1v) is 17.4. The average Bonchev–Trinajstić information content (AvgIpc) is 3.09. The summed E-state index contributed by atoms with van der Waals surface area (Å²) in [5.74, 6) is 4.71. The molecule has 0 bridgehead atoms. The minimum absolute atomic E-state index is 0.0366. The van der Waals surface area contributed by atoms with Crippen LogP contribution in [-0.2, 0) is 0 Å². The molecule has 0 N–H and O–H groups in total. The van der Waals surface area contributed by atoms with Crippen LogP contribution in [0.2, 0.25) is 0 Å². The predicted octanol–water partition coefficient (Wildman–Crippen LogP) is 11.3. The van der Waals surface area contributed by atoms with Crippen molar-refractivity contribution in [2.45, 2.75) is 40.5 Å². The van der Waals surface area contributed by atoms with E-state index in [4.69, 9.17) is 27.6 Å². The molecule has 0 saturated heterocycles. The van der Waals surface area contributed by atoms with Crippen LogP contribution in [0.5, 0.6) is 34.5 Å². The van der Waals surface area contributed by atoms with Crippen molar-refractivity contribution in [2.75, 3.05) is 14.2 Å². The van der Waals surface area contributed by atoms with Crippen molar-refractivity contribution in [3.63, 3.8) is 0 Å². The summed E-state index contributed by atoms with van der Waals surface area (Å²) in [5, 5.41) is 3.94. The molecule has 8 heteroatoms. The summed E-state index contributed by atoms with van der Waals surface area (Å²) in [4.78, 5) is 0. The fourth-order valence-electron chi connectivity index (χ4n) is 6.30. The molecule has 0 heterocycles. The van der Waals surface area contributed by atoms with E-state index >= 15 is 0 Å². The molecule has 0 spiro atoms. The van der Waals surface area contributed by atoms with Gasteiger partial charge in [-0.25, -0.2) is 0 Å². The number of hydrogen-bond donors (Lipinski definition) is 0. The van der Waals surface area contributed by atoms with Gasteiger partial charge in [-0.1, -0.05) is 90.8 Å². The Bertz CT molecular complexity index is 1940. The highest BCUT2D eigenvalue weighted by molar-refractivity contribution is 7.27. The number of fused-ring (bicyclic) bond motifs is 2. The summed E-state index contributed by atoms with van der Waals surface area (Å²) in [5.41, 5.74) is 6.57. The molecule has 0 radical (unpaired) electrons. The summed E-state index contributed by atoms with van der Waals surface area (Å²) in [6, 6.07) is 32.5. The molecule has 48 heavy (non-hydrogen) atoms. The molecule has 0 aliphatic rings. The van der Waals surface area contributed by atoms with E-state index in [1.54, 1.807) is 14.2 Å². The van der Waals surface area contributed by atoms with Crippen molar-refractivity contribution in [1.82, 2.24) is 0 Å². The van der Waals surface area contributed by atoms with Crippen LogP contribution >= 0.6 is 18.1 Å². The molecule has 2 atom stereocenters. The maximum Gasteiger partial charge on any atom is 0.275 e. The molecule has 0 amide bonds. The van der Waals surface area contributed by atoms with Crippen LogP contribution in [0.1, 0.15) is 46.2 Å². The third kappa shape index (κ3) is 6.88. The van der Waals surface area contributed by atoms with E-state index in [2.05, 4.69) is 58.9 Å². The van der Waals surface area contributed by atoms with Crippen molar-refractivity contribution < 1.29 is 27.6 Å². The monoisotopic (exact) mass is 678 g/mol. The second-order valence-corrected chi connectivity index (χ2v) is 13.1. The number of rotatable bonds is 12. The third-order valence-electron chi connectivity index (χ3n) is 8.55. The smallest absolute Gasteiger partial charge is 0.275 e. The van der Waals surface area contributed by atoms with Crippen LogP contribution in [0.25, 0.3) is 21.5 Å². The van der Waals surface area contributed by atoms with Crippen molar-refractivity contribution in [1.29, 1.82) is 0 Å². The van der Waals surface area contributed by atoms with Crippen LogP contribution < -0.4 is 27.6 Å². The van der Waals surface area contributed by atoms with E-state index in [0.717, 1.165) is 89.4 Å². The molecule has 0 aliphatic carbocycles. The summed E-state index contributed by atoms with van der Waals surface area (Å²) >= 11 is 0. The Kier molecular flexibility index (Phi) is 10.2. The SMILES string of the molecule is COc1ccc(OPOc2c(C)cc(C)cc2C(C)c2cc(C)cc(C)c2OPOc2ccc(OC)c3ccccc23)c2ccccc12. The number of methoxy groups -OCH3 is 2. The van der Waals surface area contributed by atoms with Crippen LogP contribution in [-0.4, -0.2) is 14.2 Å². The quantitative estimate of drug-likeness (QED) is 0.120. The summed E-state index contributed by atoms with van der Waals surface area (Å²) in [6.45, 7) is 10.6. The highest BCUT2D eigenvalue weighted by Gasteiger charge is 2.23. The predicted molar refractivity (Wildman–Crippen MR) is 199 cm³/mol. The number of ether oxygens (including phenoxy) is 2. The maximum absolute atomic E-state index is 6.47. The summed E-state index contributed by atoms with van der Waals surface area (Å²) in [6.07, 6.45) is 0. The maximum atomic E-state index is 6.47. The Morgan fingerprint density at radius 3 is 1.19 bits per heavy atom. The molecule has 0 aromatic heterocycles. The minimum Gasteiger partial charge on any atom is -0.496 e. The standard InChI is InChI=1S/C40H40O6P2/c1-24-20-26(3)39(45-47-43-37-18-16-35(41-6)29-12-8-10-14-31(29)37)33(22-24)28(5)34-23-25(2)21-27(4)40(34)46-48-44-38-19-17-36(42-7)30-13-9-11-15-32(30)38/h8-23,28,47-48H,1-7H3. The molecule has 6 aromatic rings. The second-order valence-electron chi connectivity index (χ2n) is 11.9. The van der Waals surface area contributed by atoms with Crippen LogP contribution in [0.3, 0.4) is 0 Å². The zero-order valence-electron chi connectivity index (χ0n) is 28.3. The lowest BCUT2D eigenvalue weighted by atomic mass is 9.87. The Morgan fingerprint density at radius 1 is 0.458 bits per heavy atom. The lowest BCUT2D eigenvalue weighted by molar-refractivity contribution is 0.419. The van der Waals surface area contributed by atoms with Gasteiger partial charge in [0.05, 0.1) is 14.2 Å². The Balaban J connectivity index is 1.25. The molecule has 0 aliphatic heterocycles. The molecular formula is C40H40O6P2. The Hall–Kier alpha value is -4.50. The first kappa shape index (κ1) is 33.4. The van der Waals surface area contributed by atoms with E-state index in [9.17, 15) is 0 Å². The van der Waals surface area contributed by atoms with Gasteiger partial charge in [-0.2, -0.15) is 0 Å². The van der Waals surface area contributed by atoms with Crippen LogP contribution in [0.15, 0.2) is 97.1 Å². The van der Waals surface area contributed by atoms with Gasteiger partial charge in [0.15, 0.2) is 0 Å². The van der Waals surface area contributed by atoms with E-state index < -0.39 is 0 Å². The van der Waals surface area contributed by atoms with Gasteiger partial charge >= 0.3 is 0 Å². The highest BCUT2D eigenvalue weighted by atomic mass is 31.1. The number of hydrogen-bond acceptors (Lipinski definition) is 6. The fourth-order valence-corrected chi connectivity index (χ4v) is 7.64. The lowest BCUT2D eigenvalue weighted by Gasteiger charge is -2.23. The van der Waals surface area contributed by atoms with Gasteiger partial charge in [0.25, 0.3) is 18.1 Å². The van der Waals surface area contributed by atoms with Crippen molar-refractivity contribution >= 4 is 39.6 Å². The van der Waals surface area contributed by atoms with Crippen molar-refractivity contribution in [3.8, 4) is 34.5 Å². The minimum atomic E-state index is -0.244. The zero-order valence-corrected chi connectivity index (χ0v) is 30.3. The highest BCUT2D eigenvalue weighted by Crippen LogP contribution is 2.45. The average molecular weight is 679 g/mol. The second kappa shape index (κ2) is 14.7. The lowest BCUT2D eigenvalue weighted by Crippen LogP contribution is -2.05.